The zero-order valence-corrected chi connectivity index (χ0v) is 18.0. The predicted octanol–water partition coefficient (Wildman–Crippen LogP) is 2.37. The summed E-state index contributed by atoms with van der Waals surface area (Å²) in [6.07, 6.45) is 2.91. The molecular formula is C21H25NO7S. The van der Waals surface area contributed by atoms with Crippen molar-refractivity contribution in [2.45, 2.75) is 30.7 Å². The van der Waals surface area contributed by atoms with E-state index in [1.807, 2.05) is 0 Å². The second kappa shape index (κ2) is 9.53. The third kappa shape index (κ3) is 4.32. The first-order valence-corrected chi connectivity index (χ1v) is 10.9. The number of benzene rings is 1. The fraction of sp³-hybridized carbons (Fsp3) is 0.476. The number of carbonyl (C=O) groups excluding carboxylic acids is 2. The fourth-order valence-corrected chi connectivity index (χ4v) is 4.76. The quantitative estimate of drug-likeness (QED) is 0.590. The third-order valence-electron chi connectivity index (χ3n) is 5.25. The van der Waals surface area contributed by atoms with Gasteiger partial charge in [0.15, 0.2) is 5.78 Å². The van der Waals surface area contributed by atoms with Crippen LogP contribution in [0.3, 0.4) is 0 Å². The van der Waals surface area contributed by atoms with Crippen LogP contribution in [0.5, 0.6) is 11.5 Å². The Morgan fingerprint density at radius 1 is 1.30 bits per heavy atom. The van der Waals surface area contributed by atoms with Crippen molar-refractivity contribution < 1.29 is 33.7 Å². The number of aliphatic carboxylic acids is 1. The minimum absolute atomic E-state index is 0.0164. The number of nitrogens with zero attached hydrogens (tertiary/aromatic N) is 1. The zero-order chi connectivity index (χ0) is 21.8. The summed E-state index contributed by atoms with van der Waals surface area (Å²) in [5, 5.41) is 8.78. The van der Waals surface area contributed by atoms with Crippen molar-refractivity contribution in [3.8, 4) is 11.5 Å². The van der Waals surface area contributed by atoms with Crippen LogP contribution in [0.1, 0.15) is 29.6 Å². The van der Waals surface area contributed by atoms with Crippen LogP contribution in [0.25, 0.3) is 0 Å². The average molecular weight is 435 g/mol. The van der Waals surface area contributed by atoms with Gasteiger partial charge in [-0.1, -0.05) is 0 Å². The zero-order valence-electron chi connectivity index (χ0n) is 17.2. The number of hydrogen-bond acceptors (Lipinski definition) is 7. The van der Waals surface area contributed by atoms with E-state index in [0.717, 1.165) is 12.8 Å². The summed E-state index contributed by atoms with van der Waals surface area (Å²) in [5.74, 6) is -1.20. The van der Waals surface area contributed by atoms with Gasteiger partial charge in [0.2, 0.25) is 0 Å². The second-order valence-electron chi connectivity index (χ2n) is 7.04. The Morgan fingerprint density at radius 3 is 2.63 bits per heavy atom. The molecule has 0 spiro atoms. The van der Waals surface area contributed by atoms with Crippen molar-refractivity contribution in [3.63, 3.8) is 0 Å². The van der Waals surface area contributed by atoms with Gasteiger partial charge in [-0.2, -0.15) is 0 Å². The van der Waals surface area contributed by atoms with Crippen LogP contribution in [-0.4, -0.2) is 72.8 Å². The van der Waals surface area contributed by atoms with Gasteiger partial charge in [-0.05, 0) is 31.2 Å². The van der Waals surface area contributed by atoms with Crippen LogP contribution < -0.4 is 9.47 Å². The monoisotopic (exact) mass is 435 g/mol. The van der Waals surface area contributed by atoms with Crippen LogP contribution in [0, 0.1) is 0 Å². The van der Waals surface area contributed by atoms with Crippen LogP contribution in [0.4, 0.5) is 0 Å². The molecule has 0 bridgehead atoms. The van der Waals surface area contributed by atoms with Gasteiger partial charge in [-0.3, -0.25) is 14.4 Å². The van der Waals surface area contributed by atoms with Gasteiger partial charge in [0.25, 0.3) is 5.91 Å². The molecule has 0 radical (unpaired) electrons. The number of ketones is 1. The molecule has 2 heterocycles. The fourth-order valence-electron chi connectivity index (χ4n) is 3.83. The van der Waals surface area contributed by atoms with Gasteiger partial charge in [-0.15, -0.1) is 11.8 Å². The normalized spacial score (nSPS) is 21.3. The number of carboxylic acid groups (broad SMARTS) is 1. The van der Waals surface area contributed by atoms with Gasteiger partial charge < -0.3 is 24.2 Å². The van der Waals surface area contributed by atoms with Crippen LogP contribution >= 0.6 is 11.8 Å². The van der Waals surface area contributed by atoms with Gasteiger partial charge >= 0.3 is 5.97 Å². The van der Waals surface area contributed by atoms with E-state index >= 15 is 0 Å². The molecular weight excluding hydrogens is 410 g/mol. The van der Waals surface area contributed by atoms with Crippen molar-refractivity contribution in [2.75, 3.05) is 33.6 Å². The van der Waals surface area contributed by atoms with Gasteiger partial charge in [0.05, 0.1) is 32.3 Å². The molecule has 3 rings (SSSR count). The maximum Gasteiger partial charge on any atom is 0.308 e. The lowest BCUT2D eigenvalue weighted by molar-refractivity contribution is -0.137. The minimum atomic E-state index is -1.16. The number of rotatable bonds is 9. The predicted molar refractivity (Wildman–Crippen MR) is 111 cm³/mol. The molecule has 0 saturated carbocycles. The number of methoxy groups -OCH3 is 2. The number of carboxylic acids is 1. The maximum absolute atomic E-state index is 13.5. The van der Waals surface area contributed by atoms with E-state index < -0.39 is 29.5 Å². The van der Waals surface area contributed by atoms with Crippen LogP contribution in [0.15, 0.2) is 29.3 Å². The molecule has 2 atom stereocenters. The molecule has 30 heavy (non-hydrogen) atoms. The van der Waals surface area contributed by atoms with Crippen molar-refractivity contribution in [2.24, 2.45) is 0 Å². The number of ether oxygens (including phenoxy) is 3. The Labute approximate surface area is 179 Å². The van der Waals surface area contributed by atoms with Gasteiger partial charge in [-0.25, -0.2) is 0 Å². The van der Waals surface area contributed by atoms with E-state index in [0.29, 0.717) is 24.7 Å². The number of Topliss-reactive ketones (excluding diaryl/α,β-unsaturated/α-hetero) is 1. The molecule has 2 aliphatic rings. The first kappa shape index (κ1) is 22.2. The number of thioether (sulfide) groups is 1. The SMILES string of the molecule is COc1ccc(C(=O)C2=C(CC(=O)O)C(=O)N(C[C@@H]3CCCO3)[C@H]2SC)c(OC)c1. The summed E-state index contributed by atoms with van der Waals surface area (Å²) < 4.78 is 16.2. The van der Waals surface area contributed by atoms with E-state index in [2.05, 4.69) is 0 Å². The summed E-state index contributed by atoms with van der Waals surface area (Å²) >= 11 is 1.32. The number of amides is 1. The topological polar surface area (TPSA) is 102 Å². The number of hydrogen-bond donors (Lipinski definition) is 1. The molecule has 1 aromatic carbocycles. The third-order valence-corrected chi connectivity index (χ3v) is 6.18. The highest BCUT2D eigenvalue weighted by Crippen LogP contribution is 2.38. The maximum atomic E-state index is 13.5. The molecule has 1 aromatic rings. The minimum Gasteiger partial charge on any atom is -0.497 e. The second-order valence-corrected chi connectivity index (χ2v) is 7.96. The van der Waals surface area contributed by atoms with Gasteiger partial charge in [0.1, 0.15) is 16.9 Å². The Balaban J connectivity index is 2.02. The van der Waals surface area contributed by atoms with Crippen molar-refractivity contribution in [1.29, 1.82) is 0 Å². The Morgan fingerprint density at radius 2 is 2.07 bits per heavy atom. The first-order valence-electron chi connectivity index (χ1n) is 9.58. The molecule has 162 valence electrons. The Hall–Kier alpha value is -2.52. The Kier molecular flexibility index (Phi) is 7.04. The number of carbonyl (C=O) groups is 3. The lowest BCUT2D eigenvalue weighted by Gasteiger charge is -2.27. The molecule has 1 fully saturated rings. The Bertz CT molecular complexity index is 876. The summed E-state index contributed by atoms with van der Waals surface area (Å²) in [4.78, 5) is 39.7. The highest BCUT2D eigenvalue weighted by atomic mass is 32.2. The molecule has 1 saturated heterocycles. The van der Waals surface area contributed by atoms with E-state index in [4.69, 9.17) is 14.2 Å². The first-order chi connectivity index (χ1) is 14.4. The molecule has 8 nitrogen and oxygen atoms in total. The summed E-state index contributed by atoms with van der Waals surface area (Å²) in [5.41, 5.74) is 0.459. The van der Waals surface area contributed by atoms with E-state index in [-0.39, 0.29) is 22.8 Å². The lowest BCUT2D eigenvalue weighted by atomic mass is 9.97. The van der Waals surface area contributed by atoms with Crippen LogP contribution in [-0.2, 0) is 14.3 Å². The molecule has 0 aromatic heterocycles. The summed E-state index contributed by atoms with van der Waals surface area (Å²) in [7, 11) is 2.94. The molecule has 0 aliphatic carbocycles. The van der Waals surface area contributed by atoms with E-state index in [1.165, 1.54) is 26.0 Å². The lowest BCUT2D eigenvalue weighted by Crippen LogP contribution is -2.40. The standard InChI is InChI=1S/C21H25NO7S/c1-27-12-6-7-14(16(9-12)28-2)19(25)18-15(10-17(23)24)20(26)22(21(18)30-3)11-13-5-4-8-29-13/h6-7,9,13,21H,4-5,8,10-11H2,1-3H3,(H,23,24)/t13-,21-/m0/s1. The molecule has 1 amide bonds. The average Bonchev–Trinajstić information content (AvgIpc) is 3.34. The summed E-state index contributed by atoms with van der Waals surface area (Å²) in [6.45, 7) is 0.963. The highest BCUT2D eigenvalue weighted by Gasteiger charge is 2.44. The summed E-state index contributed by atoms with van der Waals surface area (Å²) in [6, 6.07) is 4.78. The highest BCUT2D eigenvalue weighted by molar-refractivity contribution is 7.99. The molecule has 9 heteroatoms. The van der Waals surface area contributed by atoms with Crippen molar-refractivity contribution in [1.82, 2.24) is 4.90 Å². The largest absolute Gasteiger partial charge is 0.497 e. The van der Waals surface area contributed by atoms with Crippen molar-refractivity contribution in [3.05, 3.63) is 34.9 Å². The van der Waals surface area contributed by atoms with Crippen LogP contribution in [0.2, 0.25) is 0 Å². The van der Waals surface area contributed by atoms with Gasteiger partial charge in [0, 0.05) is 30.4 Å². The molecule has 2 aliphatic heterocycles. The van der Waals surface area contributed by atoms with E-state index in [1.54, 1.807) is 29.4 Å². The molecule has 1 N–H and O–H groups in total. The molecule has 0 unspecified atom stereocenters. The van der Waals surface area contributed by atoms with Crippen molar-refractivity contribution >= 4 is 29.4 Å². The van der Waals surface area contributed by atoms with E-state index in [9.17, 15) is 19.5 Å². The smallest absolute Gasteiger partial charge is 0.308 e.